The lowest BCUT2D eigenvalue weighted by Crippen LogP contribution is -2.23. The van der Waals surface area contributed by atoms with Crippen LogP contribution in [0.15, 0.2) is 12.2 Å². The molecular weight excluding hydrogens is 192 g/mol. The second-order valence-corrected chi connectivity index (χ2v) is 6.87. The Labute approximate surface area is 89.0 Å². The maximum absolute atomic E-state index is 5.77. The van der Waals surface area contributed by atoms with Gasteiger partial charge in [0.15, 0.2) is 9.04 Å². The van der Waals surface area contributed by atoms with Crippen molar-refractivity contribution in [3.05, 3.63) is 12.2 Å². The Bertz CT molecular complexity index is 165. The van der Waals surface area contributed by atoms with E-state index in [1.54, 1.807) is 0 Å². The van der Waals surface area contributed by atoms with Crippen LogP contribution in [-0.4, -0.2) is 28.9 Å². The molecule has 1 heterocycles. The maximum Gasteiger partial charge on any atom is 0.177 e. The predicted molar refractivity (Wildman–Crippen MR) is 62.2 cm³/mol. The minimum Gasteiger partial charge on any atom is -0.420 e. The van der Waals surface area contributed by atoms with Crippen molar-refractivity contribution >= 4 is 9.04 Å². The Morgan fingerprint density at radius 3 is 3.00 bits per heavy atom. The first-order valence-electron chi connectivity index (χ1n) is 5.63. The predicted octanol–water partition coefficient (Wildman–Crippen LogP) is 2.50. The van der Waals surface area contributed by atoms with Crippen LogP contribution >= 0.6 is 0 Å². The summed E-state index contributed by atoms with van der Waals surface area (Å²) in [5.74, 6) is 0. The fourth-order valence-corrected chi connectivity index (χ4v) is 4.18. The Morgan fingerprint density at radius 1 is 1.50 bits per heavy atom. The van der Waals surface area contributed by atoms with Crippen molar-refractivity contribution in [2.75, 3.05) is 19.8 Å². The molecule has 1 saturated heterocycles. The van der Waals surface area contributed by atoms with Gasteiger partial charge in [0.05, 0.1) is 6.61 Å². The van der Waals surface area contributed by atoms with Crippen molar-refractivity contribution in [3.63, 3.8) is 0 Å². The van der Waals surface area contributed by atoms with E-state index in [0.29, 0.717) is 6.61 Å². The summed E-state index contributed by atoms with van der Waals surface area (Å²) in [5.41, 5.74) is 1.11. The average Bonchev–Trinajstić information content (AvgIpc) is 2.18. The average molecular weight is 214 g/mol. The molecule has 1 unspecified atom stereocenters. The summed E-state index contributed by atoms with van der Waals surface area (Å²) in [4.78, 5) is 0. The van der Waals surface area contributed by atoms with E-state index in [4.69, 9.17) is 9.16 Å². The Hall–Kier alpha value is -0.123. The van der Waals surface area contributed by atoms with Crippen LogP contribution in [-0.2, 0) is 9.16 Å². The highest BCUT2D eigenvalue weighted by molar-refractivity contribution is 6.51. The van der Waals surface area contributed by atoms with Crippen LogP contribution in [0.2, 0.25) is 12.1 Å². The normalized spacial score (nSPS) is 22.2. The van der Waals surface area contributed by atoms with Crippen molar-refractivity contribution in [1.82, 2.24) is 0 Å². The van der Waals surface area contributed by atoms with Crippen molar-refractivity contribution in [1.29, 1.82) is 0 Å². The van der Waals surface area contributed by atoms with E-state index < -0.39 is 9.04 Å². The minimum absolute atomic E-state index is 0.715. The third-order valence-corrected chi connectivity index (χ3v) is 5.25. The molecular formula is C11H22O2Si. The van der Waals surface area contributed by atoms with Crippen molar-refractivity contribution in [2.45, 2.75) is 38.3 Å². The minimum atomic E-state index is -0.796. The van der Waals surface area contributed by atoms with Gasteiger partial charge in [0.25, 0.3) is 0 Å². The third kappa shape index (κ3) is 5.57. The molecule has 1 rings (SSSR count). The molecule has 1 fully saturated rings. The van der Waals surface area contributed by atoms with E-state index in [-0.39, 0.29) is 0 Å². The van der Waals surface area contributed by atoms with Crippen molar-refractivity contribution in [2.24, 2.45) is 0 Å². The van der Waals surface area contributed by atoms with Gasteiger partial charge in [-0.25, -0.2) is 0 Å². The first-order valence-corrected chi connectivity index (χ1v) is 7.73. The molecule has 0 radical (unpaired) electrons. The number of hydrogen-bond acceptors (Lipinski definition) is 2. The fraction of sp³-hybridized carbons (Fsp3) is 0.818. The smallest absolute Gasteiger partial charge is 0.177 e. The second-order valence-electron chi connectivity index (χ2n) is 4.14. The summed E-state index contributed by atoms with van der Waals surface area (Å²) in [6.45, 7) is 8.41. The van der Waals surface area contributed by atoms with Crippen LogP contribution < -0.4 is 0 Å². The van der Waals surface area contributed by atoms with Gasteiger partial charge in [-0.15, -0.1) is 0 Å². The van der Waals surface area contributed by atoms with E-state index >= 15 is 0 Å². The van der Waals surface area contributed by atoms with Gasteiger partial charge in [-0.2, -0.15) is 0 Å². The van der Waals surface area contributed by atoms with Crippen molar-refractivity contribution in [3.8, 4) is 0 Å². The summed E-state index contributed by atoms with van der Waals surface area (Å²) in [5, 5.41) is 0. The highest BCUT2D eigenvalue weighted by Crippen LogP contribution is 2.15. The first kappa shape index (κ1) is 11.9. The molecule has 0 amide bonds. The molecule has 3 heteroatoms. The largest absolute Gasteiger partial charge is 0.420 e. The van der Waals surface area contributed by atoms with Gasteiger partial charge < -0.3 is 9.16 Å². The molecule has 0 saturated carbocycles. The molecule has 0 bridgehead atoms. The van der Waals surface area contributed by atoms with Crippen LogP contribution in [0.5, 0.6) is 0 Å². The Morgan fingerprint density at radius 2 is 2.36 bits per heavy atom. The van der Waals surface area contributed by atoms with Crippen LogP contribution in [0.25, 0.3) is 0 Å². The monoisotopic (exact) mass is 214 g/mol. The zero-order chi connectivity index (χ0) is 10.2. The summed E-state index contributed by atoms with van der Waals surface area (Å²) in [6.07, 6.45) is 3.84. The van der Waals surface area contributed by atoms with Crippen LogP contribution in [0.4, 0.5) is 0 Å². The second kappa shape index (κ2) is 7.21. The molecule has 0 spiro atoms. The molecule has 82 valence electrons. The lowest BCUT2D eigenvalue weighted by Gasteiger charge is -2.20. The highest BCUT2D eigenvalue weighted by atomic mass is 28.3. The maximum atomic E-state index is 5.77. The third-order valence-electron chi connectivity index (χ3n) is 2.44. The topological polar surface area (TPSA) is 18.5 Å². The van der Waals surface area contributed by atoms with Gasteiger partial charge in [-0.1, -0.05) is 18.6 Å². The Kier molecular flexibility index (Phi) is 6.15. The van der Waals surface area contributed by atoms with Gasteiger partial charge in [0.1, 0.15) is 0 Å². The number of ether oxygens (including phenoxy) is 1. The Balaban J connectivity index is 1.90. The van der Waals surface area contributed by atoms with Gasteiger partial charge in [-0.3, -0.25) is 0 Å². The molecule has 1 aliphatic heterocycles. The van der Waals surface area contributed by atoms with Crippen molar-refractivity contribution < 1.29 is 9.16 Å². The van der Waals surface area contributed by atoms with Crippen LogP contribution in [0.3, 0.4) is 0 Å². The zero-order valence-electron chi connectivity index (χ0n) is 9.26. The van der Waals surface area contributed by atoms with E-state index in [2.05, 4.69) is 6.58 Å². The summed E-state index contributed by atoms with van der Waals surface area (Å²) in [7, 11) is -0.796. The molecule has 2 nitrogen and oxygen atoms in total. The summed E-state index contributed by atoms with van der Waals surface area (Å²) in [6, 6.07) is 2.66. The summed E-state index contributed by atoms with van der Waals surface area (Å²) < 4.78 is 11.2. The number of hydrogen-bond donors (Lipinski definition) is 0. The van der Waals surface area contributed by atoms with Gasteiger partial charge in [0.2, 0.25) is 0 Å². The standard InChI is InChI=1S/C11H22O2Si/c1-11(2)10-12-6-5-9-14-8-4-3-7-13-14/h14H,1,3-10H2,2H3. The molecule has 1 aliphatic rings. The van der Waals surface area contributed by atoms with E-state index in [0.717, 1.165) is 18.8 Å². The van der Waals surface area contributed by atoms with Gasteiger partial charge in [0, 0.05) is 13.2 Å². The molecule has 1 atom stereocenters. The lowest BCUT2D eigenvalue weighted by atomic mass is 10.4. The summed E-state index contributed by atoms with van der Waals surface area (Å²) >= 11 is 0. The molecule has 0 aromatic heterocycles. The molecule has 14 heavy (non-hydrogen) atoms. The quantitative estimate of drug-likeness (QED) is 0.384. The van der Waals surface area contributed by atoms with E-state index in [9.17, 15) is 0 Å². The first-order chi connectivity index (χ1) is 6.79. The van der Waals surface area contributed by atoms with Gasteiger partial charge >= 0.3 is 0 Å². The molecule has 0 aliphatic carbocycles. The van der Waals surface area contributed by atoms with Gasteiger partial charge in [-0.05, 0) is 31.9 Å². The zero-order valence-corrected chi connectivity index (χ0v) is 10.4. The number of rotatable bonds is 6. The van der Waals surface area contributed by atoms with Crippen LogP contribution in [0, 0.1) is 0 Å². The lowest BCUT2D eigenvalue weighted by molar-refractivity contribution is 0.155. The highest BCUT2D eigenvalue weighted by Gasteiger charge is 2.15. The fourth-order valence-electron chi connectivity index (χ4n) is 1.69. The van der Waals surface area contributed by atoms with E-state index in [1.807, 2.05) is 6.92 Å². The SMILES string of the molecule is C=C(C)COCCC[SiH]1CCCCO1. The molecule has 0 aromatic carbocycles. The molecule has 0 N–H and O–H groups in total. The molecule has 0 aromatic rings. The van der Waals surface area contributed by atoms with E-state index in [1.165, 1.54) is 31.4 Å². The van der Waals surface area contributed by atoms with Crippen LogP contribution in [0.1, 0.15) is 26.2 Å².